The molecule has 0 N–H and O–H groups in total. The molecule has 3 atom stereocenters. The van der Waals surface area contributed by atoms with E-state index in [1.807, 2.05) is 6.92 Å². The number of halogens is 2. The van der Waals surface area contributed by atoms with Gasteiger partial charge in [0.05, 0.1) is 23.3 Å². The van der Waals surface area contributed by atoms with Crippen LogP contribution in [0.15, 0.2) is 42.5 Å². The number of nitrogens with zero attached hydrogens (tertiary/aromatic N) is 3. The number of hydrazine groups is 1. The molecule has 0 aromatic heterocycles. The summed E-state index contributed by atoms with van der Waals surface area (Å²) in [7, 11) is 0. The lowest BCUT2D eigenvalue weighted by Gasteiger charge is -2.31. The molecule has 0 radical (unpaired) electrons. The summed E-state index contributed by atoms with van der Waals surface area (Å²) in [6, 6.07) is 10.1. The molecule has 1 saturated heterocycles. The first-order valence-corrected chi connectivity index (χ1v) is 11.3. The van der Waals surface area contributed by atoms with Gasteiger partial charge in [-0.3, -0.25) is 24.5 Å². The van der Waals surface area contributed by atoms with Crippen molar-refractivity contribution in [2.24, 2.45) is 17.8 Å². The number of carbonyl (C=O) groups excluding carboxylic acids is 3. The molecule has 1 aliphatic heterocycles. The molecule has 2 aliphatic rings. The van der Waals surface area contributed by atoms with Crippen LogP contribution in [0.25, 0.3) is 0 Å². The molecule has 4 rings (SSSR count). The quantitative estimate of drug-likeness (QED) is 0.338. The Bertz CT molecular complexity index is 1150. The van der Waals surface area contributed by atoms with E-state index in [9.17, 15) is 24.5 Å². The number of imide groups is 1. The number of hydrogen-bond donors (Lipinski definition) is 0. The van der Waals surface area contributed by atoms with Crippen LogP contribution in [0.1, 0.15) is 42.1 Å². The second kappa shape index (κ2) is 9.11. The largest absolute Gasteiger partial charge is 0.282 e. The van der Waals surface area contributed by atoms with Gasteiger partial charge in [-0.05, 0) is 48.9 Å². The van der Waals surface area contributed by atoms with Crippen LogP contribution in [-0.2, 0) is 16.1 Å². The van der Waals surface area contributed by atoms with Crippen LogP contribution in [-0.4, -0.2) is 32.7 Å². The predicted molar refractivity (Wildman–Crippen MR) is 121 cm³/mol. The summed E-state index contributed by atoms with van der Waals surface area (Å²) >= 11 is 12.3. The van der Waals surface area contributed by atoms with E-state index in [0.29, 0.717) is 23.4 Å². The summed E-state index contributed by atoms with van der Waals surface area (Å²) in [6.45, 7) is 1.80. The number of fused-ring (bicyclic) bond motifs is 1. The summed E-state index contributed by atoms with van der Waals surface area (Å²) in [5.41, 5.74) is -0.201. The van der Waals surface area contributed by atoms with Crippen molar-refractivity contribution in [1.29, 1.82) is 0 Å². The van der Waals surface area contributed by atoms with Gasteiger partial charge < -0.3 is 0 Å². The van der Waals surface area contributed by atoms with E-state index in [0.717, 1.165) is 16.4 Å². The number of para-hydroxylation sites is 1. The Balaban J connectivity index is 1.78. The van der Waals surface area contributed by atoms with Crippen molar-refractivity contribution < 1.29 is 19.3 Å². The second-order valence-corrected chi connectivity index (χ2v) is 9.34. The number of amides is 3. The fourth-order valence-corrected chi connectivity index (χ4v) is 5.08. The number of benzene rings is 2. The number of nitro groups is 1. The Labute approximate surface area is 200 Å². The van der Waals surface area contributed by atoms with Crippen LogP contribution in [0.2, 0.25) is 10.0 Å². The highest BCUT2D eigenvalue weighted by Crippen LogP contribution is 2.42. The van der Waals surface area contributed by atoms with E-state index in [-0.39, 0.29) is 23.0 Å². The molecule has 10 heteroatoms. The first-order valence-electron chi connectivity index (χ1n) is 10.6. The van der Waals surface area contributed by atoms with Gasteiger partial charge in [0.1, 0.15) is 5.56 Å². The lowest BCUT2D eigenvalue weighted by atomic mass is 9.76. The summed E-state index contributed by atoms with van der Waals surface area (Å²) in [4.78, 5) is 51.1. The van der Waals surface area contributed by atoms with Crippen LogP contribution in [0.3, 0.4) is 0 Å². The molecular weight excluding hydrogens is 469 g/mol. The summed E-state index contributed by atoms with van der Waals surface area (Å²) in [5.74, 6) is -2.49. The average Bonchev–Trinajstić information content (AvgIpc) is 3.02. The Morgan fingerprint density at radius 1 is 1.12 bits per heavy atom. The minimum Gasteiger partial charge on any atom is -0.272 e. The van der Waals surface area contributed by atoms with E-state index < -0.39 is 40.2 Å². The maximum atomic E-state index is 13.6. The number of carbonyl (C=O) groups is 3. The van der Waals surface area contributed by atoms with E-state index >= 15 is 0 Å². The monoisotopic (exact) mass is 489 g/mol. The minimum atomic E-state index is -0.832. The zero-order valence-corrected chi connectivity index (χ0v) is 19.3. The van der Waals surface area contributed by atoms with Crippen molar-refractivity contribution in [1.82, 2.24) is 10.0 Å². The fourth-order valence-electron chi connectivity index (χ4n) is 4.61. The Hall–Kier alpha value is -2.97. The van der Waals surface area contributed by atoms with E-state index in [4.69, 9.17) is 23.2 Å². The normalized spacial score (nSPS) is 22.3. The Morgan fingerprint density at radius 2 is 1.82 bits per heavy atom. The van der Waals surface area contributed by atoms with Gasteiger partial charge in [-0.1, -0.05) is 48.3 Å². The molecule has 1 aliphatic carbocycles. The first kappa shape index (κ1) is 23.2. The zero-order valence-electron chi connectivity index (χ0n) is 17.7. The number of nitro benzene ring substituents is 1. The highest BCUT2D eigenvalue weighted by atomic mass is 35.5. The third-order valence-electron chi connectivity index (χ3n) is 6.31. The van der Waals surface area contributed by atoms with Crippen molar-refractivity contribution in [3.05, 3.63) is 73.8 Å². The van der Waals surface area contributed by atoms with Crippen molar-refractivity contribution in [2.45, 2.75) is 32.7 Å². The third-order valence-corrected chi connectivity index (χ3v) is 6.89. The first-order chi connectivity index (χ1) is 15.7. The molecule has 1 heterocycles. The third kappa shape index (κ3) is 4.32. The van der Waals surface area contributed by atoms with E-state index in [1.165, 1.54) is 30.3 Å². The van der Waals surface area contributed by atoms with Crippen LogP contribution in [0, 0.1) is 27.9 Å². The molecule has 3 amide bonds. The Kier molecular flexibility index (Phi) is 6.41. The maximum Gasteiger partial charge on any atom is 0.282 e. The fraction of sp³-hybridized carbons (Fsp3) is 0.348. The van der Waals surface area contributed by atoms with Gasteiger partial charge in [0.25, 0.3) is 23.4 Å². The van der Waals surface area contributed by atoms with Crippen LogP contribution in [0.4, 0.5) is 5.69 Å². The molecule has 172 valence electrons. The summed E-state index contributed by atoms with van der Waals surface area (Å²) in [6.07, 6.45) is 1.93. The van der Waals surface area contributed by atoms with Gasteiger partial charge in [-0.15, -0.1) is 0 Å². The van der Waals surface area contributed by atoms with Crippen LogP contribution < -0.4 is 0 Å². The molecule has 2 aromatic rings. The van der Waals surface area contributed by atoms with Crippen LogP contribution in [0.5, 0.6) is 0 Å². The minimum absolute atomic E-state index is 0.226. The topological polar surface area (TPSA) is 101 Å². The lowest BCUT2D eigenvalue weighted by molar-refractivity contribution is -0.385. The number of rotatable bonds is 5. The van der Waals surface area contributed by atoms with Crippen LogP contribution >= 0.6 is 23.2 Å². The van der Waals surface area contributed by atoms with E-state index in [1.54, 1.807) is 12.1 Å². The maximum absolute atomic E-state index is 13.6. The standard InChI is InChI=1S/C23H21Cl2N3O5/c1-13-6-9-16-18(10-13)23(31)27(22(16)30)26(12-14-7-8-15(24)11-19(14)25)21(29)17-4-2-3-5-20(17)28(32)33/h2-5,7-8,11,13,16,18H,6,9-10,12H2,1H3/t13-,16-,18-/m1/s1. The van der Waals surface area contributed by atoms with Gasteiger partial charge in [0.15, 0.2) is 0 Å². The number of hydrogen-bond acceptors (Lipinski definition) is 5. The molecule has 0 unspecified atom stereocenters. The highest BCUT2D eigenvalue weighted by Gasteiger charge is 2.52. The van der Waals surface area contributed by atoms with Gasteiger partial charge in [0.2, 0.25) is 0 Å². The second-order valence-electron chi connectivity index (χ2n) is 8.49. The van der Waals surface area contributed by atoms with Gasteiger partial charge in [-0.2, -0.15) is 5.01 Å². The molecule has 2 aromatic carbocycles. The summed E-state index contributed by atoms with van der Waals surface area (Å²) in [5, 5.41) is 14.0. The molecular formula is C23H21Cl2N3O5. The predicted octanol–water partition coefficient (Wildman–Crippen LogP) is 4.88. The van der Waals surface area contributed by atoms with Crippen molar-refractivity contribution in [2.75, 3.05) is 0 Å². The molecule has 8 nitrogen and oxygen atoms in total. The smallest absolute Gasteiger partial charge is 0.272 e. The molecule has 0 bridgehead atoms. The Morgan fingerprint density at radius 3 is 2.52 bits per heavy atom. The summed E-state index contributed by atoms with van der Waals surface area (Å²) < 4.78 is 0. The van der Waals surface area contributed by atoms with Gasteiger partial charge in [0, 0.05) is 16.1 Å². The highest BCUT2D eigenvalue weighted by molar-refractivity contribution is 6.35. The molecule has 33 heavy (non-hydrogen) atoms. The van der Waals surface area contributed by atoms with Crippen molar-refractivity contribution in [3.8, 4) is 0 Å². The van der Waals surface area contributed by atoms with Gasteiger partial charge in [-0.25, -0.2) is 5.01 Å². The molecule has 1 saturated carbocycles. The molecule has 2 fully saturated rings. The lowest BCUT2D eigenvalue weighted by Crippen LogP contribution is -2.50. The zero-order chi connectivity index (χ0) is 23.9. The molecule has 0 spiro atoms. The van der Waals surface area contributed by atoms with Crippen molar-refractivity contribution >= 4 is 46.6 Å². The van der Waals surface area contributed by atoms with E-state index in [2.05, 4.69) is 0 Å². The van der Waals surface area contributed by atoms with Gasteiger partial charge >= 0.3 is 0 Å². The SMILES string of the molecule is C[C@@H]1CC[C@H]2C(=O)N(N(Cc3ccc(Cl)cc3Cl)C(=O)c3ccccc3[N+](=O)[O-])C(=O)[C@@H]2C1. The average molecular weight is 490 g/mol. The van der Waals surface area contributed by atoms with Crippen molar-refractivity contribution in [3.63, 3.8) is 0 Å².